The Morgan fingerprint density at radius 1 is 0.839 bits per heavy atom. The molecule has 2 aliphatic rings. The molecule has 3 aromatic rings. The Morgan fingerprint density at radius 3 is 1.90 bits per heavy atom. The van der Waals surface area contributed by atoms with E-state index in [0.29, 0.717) is 17.1 Å². The fraction of sp³-hybridized carbons (Fsp3) is 0.208. The number of hydrogen-bond donors (Lipinski definition) is 1. The maximum absolute atomic E-state index is 13.2. The normalized spacial score (nSPS) is 15.3. The zero-order valence-corrected chi connectivity index (χ0v) is 19.3. The van der Waals surface area contributed by atoms with Gasteiger partial charge in [-0.2, -0.15) is 0 Å². The van der Waals surface area contributed by atoms with Crippen molar-refractivity contribution in [2.45, 2.75) is 5.54 Å². The number of fused-ring (bicyclic) bond motifs is 6. The van der Waals surface area contributed by atoms with Crippen LogP contribution in [0.1, 0.15) is 27.0 Å². The second kappa shape index (κ2) is 6.73. The van der Waals surface area contributed by atoms with Crippen molar-refractivity contribution in [1.82, 2.24) is 5.06 Å². The molecular weight excluding hydrogens is 458 g/mol. The number of carbonyl (C=O) groups excluding carboxylic acids is 1. The number of hydrogen-bond acceptors (Lipinski definition) is 5. The SMILES string of the molecule is CN(C)c1ccc2c(c1)Oc1cc(N(C)C)ccc1C21c2cc(Br)ccc2C(=O)N1O. The van der Waals surface area contributed by atoms with Crippen molar-refractivity contribution < 1.29 is 14.7 Å². The topological polar surface area (TPSA) is 56.2 Å². The predicted molar refractivity (Wildman–Crippen MR) is 124 cm³/mol. The van der Waals surface area contributed by atoms with E-state index in [1.54, 1.807) is 6.07 Å². The number of rotatable bonds is 2. The Labute approximate surface area is 189 Å². The summed E-state index contributed by atoms with van der Waals surface area (Å²) in [5, 5.41) is 12.2. The smallest absolute Gasteiger partial charge is 0.279 e. The lowest BCUT2D eigenvalue weighted by Crippen LogP contribution is -2.45. The molecule has 0 aromatic heterocycles. The first-order valence-corrected chi connectivity index (χ1v) is 10.7. The lowest BCUT2D eigenvalue weighted by atomic mass is 9.75. The highest BCUT2D eigenvalue weighted by Crippen LogP contribution is 2.57. The summed E-state index contributed by atoms with van der Waals surface area (Å²) in [5.41, 5.74) is 3.35. The monoisotopic (exact) mass is 479 g/mol. The van der Waals surface area contributed by atoms with Crippen LogP contribution >= 0.6 is 15.9 Å². The van der Waals surface area contributed by atoms with E-state index in [9.17, 15) is 10.0 Å². The molecule has 0 atom stereocenters. The summed E-state index contributed by atoms with van der Waals surface area (Å²) in [6.45, 7) is 0. The molecule has 158 valence electrons. The molecule has 5 rings (SSSR count). The van der Waals surface area contributed by atoms with E-state index in [1.807, 2.05) is 86.5 Å². The van der Waals surface area contributed by atoms with Crippen LogP contribution in [0.25, 0.3) is 0 Å². The molecule has 0 fully saturated rings. The van der Waals surface area contributed by atoms with Crippen LogP contribution in [0.5, 0.6) is 11.5 Å². The van der Waals surface area contributed by atoms with Gasteiger partial charge in [0.05, 0.1) is 0 Å². The van der Waals surface area contributed by atoms with Crippen LogP contribution < -0.4 is 14.5 Å². The van der Waals surface area contributed by atoms with Crippen LogP contribution in [0.15, 0.2) is 59.1 Å². The molecule has 2 heterocycles. The third-order valence-electron chi connectivity index (χ3n) is 6.07. The number of amides is 1. The van der Waals surface area contributed by atoms with Crippen LogP contribution in [0.2, 0.25) is 0 Å². The summed E-state index contributed by atoms with van der Waals surface area (Å²) in [6, 6.07) is 17.1. The van der Waals surface area contributed by atoms with Crippen molar-refractivity contribution in [1.29, 1.82) is 0 Å². The maximum Gasteiger partial charge on any atom is 0.279 e. The van der Waals surface area contributed by atoms with Crippen LogP contribution in [0.4, 0.5) is 11.4 Å². The van der Waals surface area contributed by atoms with Gasteiger partial charge in [-0.1, -0.05) is 28.1 Å². The first-order valence-electron chi connectivity index (χ1n) is 9.90. The molecule has 1 N–H and O–H groups in total. The van der Waals surface area contributed by atoms with E-state index in [4.69, 9.17) is 4.74 Å². The van der Waals surface area contributed by atoms with Gasteiger partial charge in [-0.05, 0) is 30.3 Å². The van der Waals surface area contributed by atoms with Gasteiger partial charge in [0.2, 0.25) is 0 Å². The molecule has 0 aliphatic carbocycles. The van der Waals surface area contributed by atoms with E-state index in [1.165, 1.54) is 0 Å². The van der Waals surface area contributed by atoms with E-state index in [0.717, 1.165) is 37.6 Å². The van der Waals surface area contributed by atoms with Gasteiger partial charge in [-0.3, -0.25) is 10.0 Å². The third-order valence-corrected chi connectivity index (χ3v) is 6.57. The third kappa shape index (κ3) is 2.63. The van der Waals surface area contributed by atoms with E-state index >= 15 is 0 Å². The Balaban J connectivity index is 1.89. The van der Waals surface area contributed by atoms with Crippen molar-refractivity contribution >= 4 is 33.2 Å². The molecular formula is C24H22BrN3O3. The quantitative estimate of drug-likeness (QED) is 0.533. The fourth-order valence-electron chi connectivity index (χ4n) is 4.51. The van der Waals surface area contributed by atoms with Crippen LogP contribution in [0.3, 0.4) is 0 Å². The van der Waals surface area contributed by atoms with Gasteiger partial charge in [0.1, 0.15) is 11.5 Å². The standard InChI is InChI=1S/C24H22BrN3O3/c1-26(2)15-6-9-18-21(12-15)31-22-13-16(27(3)4)7-10-19(22)24(18)20-11-14(25)5-8-17(20)23(29)28(24)30/h5-13,30H,1-4H3. The molecule has 0 saturated heterocycles. The van der Waals surface area contributed by atoms with Gasteiger partial charge in [-0.25, -0.2) is 5.06 Å². The molecule has 0 saturated carbocycles. The number of anilines is 2. The number of hydroxylamine groups is 2. The number of ether oxygens (including phenoxy) is 1. The van der Waals surface area contributed by atoms with Gasteiger partial charge in [0.15, 0.2) is 5.54 Å². The molecule has 7 heteroatoms. The highest BCUT2D eigenvalue weighted by Gasteiger charge is 2.56. The second-order valence-corrected chi connectivity index (χ2v) is 9.18. The number of nitrogens with zero attached hydrogens (tertiary/aromatic N) is 3. The minimum atomic E-state index is -1.20. The minimum Gasteiger partial charge on any atom is -0.456 e. The highest BCUT2D eigenvalue weighted by molar-refractivity contribution is 9.10. The molecule has 3 aromatic carbocycles. The van der Waals surface area contributed by atoms with E-state index in [-0.39, 0.29) is 0 Å². The zero-order chi connectivity index (χ0) is 22.1. The summed E-state index contributed by atoms with van der Waals surface area (Å²) in [6.07, 6.45) is 0. The molecule has 1 spiro atoms. The van der Waals surface area contributed by atoms with Crippen molar-refractivity contribution in [2.24, 2.45) is 0 Å². The average Bonchev–Trinajstić information content (AvgIpc) is 2.95. The molecule has 1 amide bonds. The first-order chi connectivity index (χ1) is 14.7. The minimum absolute atomic E-state index is 0.435. The average molecular weight is 480 g/mol. The Morgan fingerprint density at radius 2 is 1.39 bits per heavy atom. The van der Waals surface area contributed by atoms with Gasteiger partial charge < -0.3 is 14.5 Å². The second-order valence-electron chi connectivity index (χ2n) is 8.27. The molecule has 0 unspecified atom stereocenters. The molecule has 31 heavy (non-hydrogen) atoms. The molecule has 0 bridgehead atoms. The summed E-state index contributed by atoms with van der Waals surface area (Å²) < 4.78 is 7.19. The summed E-state index contributed by atoms with van der Waals surface area (Å²) in [7, 11) is 7.84. The highest BCUT2D eigenvalue weighted by atomic mass is 79.9. The fourth-order valence-corrected chi connectivity index (χ4v) is 4.87. The molecule has 2 aliphatic heterocycles. The van der Waals surface area contributed by atoms with Gasteiger partial charge in [0, 0.05) is 78.4 Å². The van der Waals surface area contributed by atoms with Crippen LogP contribution in [0, 0.1) is 0 Å². The van der Waals surface area contributed by atoms with Gasteiger partial charge in [0.25, 0.3) is 5.91 Å². The largest absolute Gasteiger partial charge is 0.456 e. The van der Waals surface area contributed by atoms with Crippen LogP contribution in [-0.2, 0) is 5.54 Å². The molecule has 0 radical (unpaired) electrons. The molecule has 6 nitrogen and oxygen atoms in total. The maximum atomic E-state index is 13.2. The zero-order valence-electron chi connectivity index (χ0n) is 17.7. The number of carbonyl (C=O) groups is 1. The van der Waals surface area contributed by atoms with Gasteiger partial charge >= 0.3 is 0 Å². The van der Waals surface area contributed by atoms with Crippen molar-refractivity contribution in [2.75, 3.05) is 38.0 Å². The summed E-state index contributed by atoms with van der Waals surface area (Å²) in [4.78, 5) is 17.1. The summed E-state index contributed by atoms with van der Waals surface area (Å²) in [5.74, 6) is 0.776. The Bertz CT molecular complexity index is 1180. The van der Waals surface area contributed by atoms with Crippen LogP contribution in [-0.4, -0.2) is 44.4 Å². The van der Waals surface area contributed by atoms with E-state index in [2.05, 4.69) is 15.9 Å². The predicted octanol–water partition coefficient (Wildman–Crippen LogP) is 4.82. The Kier molecular flexibility index (Phi) is 4.32. The Hall–Kier alpha value is -3.03. The first kappa shape index (κ1) is 19.9. The lowest BCUT2D eigenvalue weighted by Gasteiger charge is -2.41. The lowest BCUT2D eigenvalue weighted by molar-refractivity contribution is -0.102. The van der Waals surface area contributed by atoms with Crippen molar-refractivity contribution in [3.63, 3.8) is 0 Å². The number of halogens is 1. The van der Waals surface area contributed by atoms with Gasteiger partial charge in [-0.15, -0.1) is 0 Å². The number of benzene rings is 3. The van der Waals surface area contributed by atoms with Crippen molar-refractivity contribution in [3.05, 3.63) is 81.3 Å². The summed E-state index contributed by atoms with van der Waals surface area (Å²) >= 11 is 3.54. The van der Waals surface area contributed by atoms with Crippen molar-refractivity contribution in [3.8, 4) is 11.5 Å². The van der Waals surface area contributed by atoms with E-state index < -0.39 is 11.4 Å².